The Hall–Kier alpha value is -0.620. The van der Waals surface area contributed by atoms with Crippen LogP contribution in [0.15, 0.2) is 0 Å². The van der Waals surface area contributed by atoms with Crippen molar-refractivity contribution in [2.45, 2.75) is 96.8 Å². The highest BCUT2D eigenvalue weighted by atomic mass is 32.2. The van der Waals surface area contributed by atoms with Gasteiger partial charge in [-0.05, 0) is 6.42 Å². The van der Waals surface area contributed by atoms with Crippen LogP contribution in [-0.2, 0) is 14.9 Å². The number of carbonyl (C=O) groups is 1. The van der Waals surface area contributed by atoms with Crippen LogP contribution in [0.25, 0.3) is 0 Å². The summed E-state index contributed by atoms with van der Waals surface area (Å²) >= 11 is 0. The molecule has 0 bridgehead atoms. The number of unbranched alkanes of at least 4 members (excludes halogenated alkanes) is 12. The van der Waals surface area contributed by atoms with Crippen LogP contribution >= 0.6 is 0 Å². The molecule has 0 saturated heterocycles. The quantitative estimate of drug-likeness (QED) is 0.291. The maximum Gasteiger partial charge on any atom is 0.266 e. The first-order chi connectivity index (χ1) is 11.9. The van der Waals surface area contributed by atoms with Crippen molar-refractivity contribution in [3.05, 3.63) is 0 Å². The first kappa shape index (κ1) is 24.4. The van der Waals surface area contributed by atoms with Gasteiger partial charge in [0.2, 0.25) is 5.91 Å². The Labute approximate surface area is 155 Å². The number of rotatable bonds is 17. The van der Waals surface area contributed by atoms with Gasteiger partial charge in [-0.2, -0.15) is 8.42 Å². The van der Waals surface area contributed by atoms with Crippen LogP contribution in [0, 0.1) is 0 Å². The Morgan fingerprint density at radius 1 is 0.800 bits per heavy atom. The predicted molar refractivity (Wildman–Crippen MR) is 104 cm³/mol. The van der Waals surface area contributed by atoms with E-state index in [0.717, 1.165) is 12.8 Å². The van der Waals surface area contributed by atoms with Crippen LogP contribution in [0.2, 0.25) is 0 Å². The molecule has 0 fully saturated rings. The summed E-state index contributed by atoms with van der Waals surface area (Å²) in [5, 5.41) is 0. The highest BCUT2D eigenvalue weighted by molar-refractivity contribution is 7.85. The molecule has 0 aromatic heterocycles. The van der Waals surface area contributed by atoms with E-state index in [4.69, 9.17) is 4.55 Å². The molecule has 0 spiro atoms. The van der Waals surface area contributed by atoms with Crippen molar-refractivity contribution >= 4 is 16.0 Å². The van der Waals surface area contributed by atoms with Crippen molar-refractivity contribution in [3.8, 4) is 0 Å². The fourth-order valence-corrected chi connectivity index (χ4v) is 3.37. The molecule has 0 heterocycles. The Balaban J connectivity index is 3.36. The summed E-state index contributed by atoms with van der Waals surface area (Å²) in [6.45, 7) is 2.30. The lowest BCUT2D eigenvalue weighted by Crippen LogP contribution is -2.31. The van der Waals surface area contributed by atoms with Gasteiger partial charge in [0.25, 0.3) is 10.1 Å². The van der Waals surface area contributed by atoms with Gasteiger partial charge in [-0.3, -0.25) is 9.35 Å². The molecule has 0 aromatic rings. The highest BCUT2D eigenvalue weighted by Gasteiger charge is 2.12. The zero-order chi connectivity index (χ0) is 19.0. The van der Waals surface area contributed by atoms with Gasteiger partial charge in [0.15, 0.2) is 0 Å². The monoisotopic (exact) mass is 377 g/mol. The van der Waals surface area contributed by atoms with Crippen LogP contribution in [-0.4, -0.2) is 43.1 Å². The second-order valence-corrected chi connectivity index (χ2v) is 8.67. The molecule has 0 aliphatic rings. The summed E-state index contributed by atoms with van der Waals surface area (Å²) in [6.07, 6.45) is 16.9. The van der Waals surface area contributed by atoms with Crippen LogP contribution in [0.5, 0.6) is 0 Å². The second-order valence-electron chi connectivity index (χ2n) is 7.09. The SMILES string of the molecule is CCCCCCCCCCCCCCCC(=O)N(C)CCS(=O)(=O)O. The molecule has 0 aliphatic heterocycles. The van der Waals surface area contributed by atoms with Gasteiger partial charge in [0.05, 0.1) is 5.75 Å². The fourth-order valence-electron chi connectivity index (χ4n) is 2.86. The summed E-state index contributed by atoms with van der Waals surface area (Å²) in [6, 6.07) is 0. The molecule has 0 saturated carbocycles. The zero-order valence-corrected chi connectivity index (χ0v) is 17.2. The van der Waals surface area contributed by atoms with Gasteiger partial charge in [-0.25, -0.2) is 0 Å². The van der Waals surface area contributed by atoms with Crippen LogP contribution < -0.4 is 0 Å². The molecule has 1 amide bonds. The van der Waals surface area contributed by atoms with Crippen molar-refractivity contribution in [1.82, 2.24) is 4.90 Å². The summed E-state index contributed by atoms with van der Waals surface area (Å²) in [7, 11) is -2.42. The van der Waals surface area contributed by atoms with Gasteiger partial charge in [-0.15, -0.1) is 0 Å². The minimum atomic E-state index is -4.00. The van der Waals surface area contributed by atoms with E-state index >= 15 is 0 Å². The molecule has 0 aromatic carbocycles. The Kier molecular flexibility index (Phi) is 15.2. The molecular weight excluding hydrogens is 338 g/mol. The van der Waals surface area contributed by atoms with Crippen molar-refractivity contribution in [2.75, 3.05) is 19.3 Å². The van der Waals surface area contributed by atoms with E-state index in [1.807, 2.05) is 0 Å². The number of nitrogens with zero attached hydrogens (tertiary/aromatic N) is 1. The van der Waals surface area contributed by atoms with Crippen molar-refractivity contribution < 1.29 is 17.8 Å². The van der Waals surface area contributed by atoms with Gasteiger partial charge in [0.1, 0.15) is 0 Å². The molecule has 0 radical (unpaired) electrons. The molecule has 0 aliphatic carbocycles. The number of carbonyl (C=O) groups excluding carboxylic acids is 1. The lowest BCUT2D eigenvalue weighted by atomic mass is 10.0. The molecular formula is C19H39NO4S. The smallest absolute Gasteiger partial charge is 0.266 e. The minimum absolute atomic E-state index is 0.0493. The maximum atomic E-state index is 11.8. The van der Waals surface area contributed by atoms with Gasteiger partial charge in [-0.1, -0.05) is 84.0 Å². The fraction of sp³-hybridized carbons (Fsp3) is 0.947. The molecule has 1 N–H and O–H groups in total. The standard InChI is InChI=1S/C19H39NO4S/c1-3-4-5-6-7-8-9-10-11-12-13-14-15-16-19(21)20(2)17-18-25(22,23)24/h3-18H2,1-2H3,(H,22,23,24). The van der Waals surface area contributed by atoms with Gasteiger partial charge in [0, 0.05) is 20.0 Å². The lowest BCUT2D eigenvalue weighted by molar-refractivity contribution is -0.129. The lowest BCUT2D eigenvalue weighted by Gasteiger charge is -2.16. The molecule has 5 nitrogen and oxygen atoms in total. The van der Waals surface area contributed by atoms with E-state index in [9.17, 15) is 13.2 Å². The highest BCUT2D eigenvalue weighted by Crippen LogP contribution is 2.13. The third kappa shape index (κ3) is 18.0. The van der Waals surface area contributed by atoms with E-state index in [-0.39, 0.29) is 12.5 Å². The van der Waals surface area contributed by atoms with E-state index < -0.39 is 15.9 Å². The Morgan fingerprint density at radius 2 is 1.20 bits per heavy atom. The molecule has 6 heteroatoms. The van der Waals surface area contributed by atoms with Gasteiger partial charge >= 0.3 is 0 Å². The van der Waals surface area contributed by atoms with Crippen LogP contribution in [0.1, 0.15) is 96.8 Å². The average Bonchev–Trinajstić information content (AvgIpc) is 2.56. The second kappa shape index (κ2) is 15.6. The van der Waals surface area contributed by atoms with Crippen molar-refractivity contribution in [1.29, 1.82) is 0 Å². The molecule has 0 rings (SSSR count). The Morgan fingerprint density at radius 3 is 1.60 bits per heavy atom. The van der Waals surface area contributed by atoms with E-state index in [2.05, 4.69) is 6.92 Å². The average molecular weight is 378 g/mol. The van der Waals surface area contributed by atoms with Gasteiger partial charge < -0.3 is 4.90 Å². The largest absolute Gasteiger partial charge is 0.345 e. The van der Waals surface area contributed by atoms with E-state index in [1.54, 1.807) is 7.05 Å². The molecule has 150 valence electrons. The summed E-state index contributed by atoms with van der Waals surface area (Å²) < 4.78 is 30.0. The predicted octanol–water partition coefficient (Wildman–Crippen LogP) is 4.81. The molecule has 25 heavy (non-hydrogen) atoms. The number of amides is 1. The van der Waals surface area contributed by atoms with E-state index in [1.165, 1.54) is 75.5 Å². The first-order valence-corrected chi connectivity index (χ1v) is 11.7. The first-order valence-electron chi connectivity index (χ1n) is 10.1. The summed E-state index contributed by atoms with van der Waals surface area (Å²) in [5.74, 6) is -0.444. The minimum Gasteiger partial charge on any atom is -0.345 e. The zero-order valence-electron chi connectivity index (χ0n) is 16.3. The number of hydrogen-bond acceptors (Lipinski definition) is 3. The topological polar surface area (TPSA) is 74.7 Å². The van der Waals surface area contributed by atoms with Crippen LogP contribution in [0.3, 0.4) is 0 Å². The van der Waals surface area contributed by atoms with E-state index in [0.29, 0.717) is 6.42 Å². The maximum absolute atomic E-state index is 11.8. The normalized spacial score (nSPS) is 11.6. The van der Waals surface area contributed by atoms with Crippen molar-refractivity contribution in [2.24, 2.45) is 0 Å². The number of hydrogen-bond donors (Lipinski definition) is 1. The third-order valence-corrected chi connectivity index (χ3v) is 5.30. The summed E-state index contributed by atoms with van der Waals surface area (Å²) in [5.41, 5.74) is 0. The molecule has 0 unspecified atom stereocenters. The summed E-state index contributed by atoms with van der Waals surface area (Å²) in [4.78, 5) is 13.2. The Bertz CT molecular complexity index is 423. The molecule has 0 atom stereocenters. The van der Waals surface area contributed by atoms with Crippen LogP contribution in [0.4, 0.5) is 0 Å². The van der Waals surface area contributed by atoms with Crippen molar-refractivity contribution in [3.63, 3.8) is 0 Å². The third-order valence-electron chi connectivity index (χ3n) is 4.60.